The molecule has 1 aromatic rings. The number of hydrogen-bond acceptors (Lipinski definition) is 4. The van der Waals surface area contributed by atoms with Gasteiger partial charge in [-0.15, -0.1) is 0 Å². The molecule has 0 radical (unpaired) electrons. The van der Waals surface area contributed by atoms with Crippen LogP contribution in [0.25, 0.3) is 0 Å². The van der Waals surface area contributed by atoms with E-state index in [1.165, 1.54) is 13.2 Å². The van der Waals surface area contributed by atoms with Gasteiger partial charge in [0.25, 0.3) is 0 Å². The van der Waals surface area contributed by atoms with E-state index in [9.17, 15) is 4.79 Å². The number of carbonyl (C=O) groups is 1. The molecular weight excluding hydrogens is 234 g/mol. The number of methoxy groups -OCH3 is 1. The van der Waals surface area contributed by atoms with Crippen LogP contribution in [0.2, 0.25) is 0 Å². The van der Waals surface area contributed by atoms with Gasteiger partial charge >= 0.3 is 5.97 Å². The van der Waals surface area contributed by atoms with Crippen LogP contribution in [0.4, 0.5) is 0 Å². The molecule has 0 unspecified atom stereocenters. The van der Waals surface area contributed by atoms with Crippen LogP contribution in [0.3, 0.4) is 0 Å². The molecule has 0 aliphatic heterocycles. The van der Waals surface area contributed by atoms with Crippen molar-refractivity contribution in [3.63, 3.8) is 0 Å². The summed E-state index contributed by atoms with van der Waals surface area (Å²) in [7, 11) is 5.46. The number of rotatable bonds is 7. The number of carboxylic acid groups (broad SMARTS) is 1. The van der Waals surface area contributed by atoms with Gasteiger partial charge in [-0.2, -0.15) is 0 Å². The largest absolute Gasteiger partial charge is 0.497 e. The van der Waals surface area contributed by atoms with E-state index in [4.69, 9.17) is 14.6 Å². The predicted molar refractivity (Wildman–Crippen MR) is 68.6 cm³/mol. The lowest BCUT2D eigenvalue weighted by Crippen LogP contribution is -2.16. The first-order chi connectivity index (χ1) is 8.54. The molecule has 0 spiro atoms. The van der Waals surface area contributed by atoms with Gasteiger partial charge in [0, 0.05) is 6.54 Å². The van der Waals surface area contributed by atoms with Crippen LogP contribution in [0, 0.1) is 0 Å². The Morgan fingerprint density at radius 2 is 2.11 bits per heavy atom. The summed E-state index contributed by atoms with van der Waals surface area (Å²) in [6, 6.07) is 4.77. The van der Waals surface area contributed by atoms with Gasteiger partial charge < -0.3 is 19.5 Å². The number of benzene rings is 1. The van der Waals surface area contributed by atoms with Crippen LogP contribution in [0.1, 0.15) is 16.8 Å². The molecule has 0 amide bonds. The van der Waals surface area contributed by atoms with Gasteiger partial charge in [0.1, 0.15) is 17.1 Å². The zero-order chi connectivity index (χ0) is 13.5. The third-order valence-corrected chi connectivity index (χ3v) is 2.42. The molecule has 0 aromatic heterocycles. The van der Waals surface area contributed by atoms with E-state index in [2.05, 4.69) is 4.90 Å². The quantitative estimate of drug-likeness (QED) is 0.750. The van der Waals surface area contributed by atoms with Crippen LogP contribution in [-0.2, 0) is 0 Å². The second-order valence-corrected chi connectivity index (χ2v) is 4.17. The van der Waals surface area contributed by atoms with Crippen LogP contribution in [0.15, 0.2) is 18.2 Å². The van der Waals surface area contributed by atoms with Crippen LogP contribution < -0.4 is 9.47 Å². The fourth-order valence-corrected chi connectivity index (χ4v) is 1.49. The Labute approximate surface area is 107 Å². The number of carboxylic acids is 1. The van der Waals surface area contributed by atoms with Gasteiger partial charge in [-0.25, -0.2) is 4.79 Å². The molecule has 0 aliphatic rings. The summed E-state index contributed by atoms with van der Waals surface area (Å²) in [5.41, 5.74) is 0.124. The van der Waals surface area contributed by atoms with Crippen molar-refractivity contribution in [1.29, 1.82) is 0 Å². The lowest BCUT2D eigenvalue weighted by Gasteiger charge is -2.12. The third-order valence-electron chi connectivity index (χ3n) is 2.42. The maximum atomic E-state index is 11.1. The number of ether oxygens (including phenoxy) is 2. The molecule has 0 atom stereocenters. The van der Waals surface area contributed by atoms with Gasteiger partial charge in [0.15, 0.2) is 0 Å². The van der Waals surface area contributed by atoms with Crippen LogP contribution in [0.5, 0.6) is 11.5 Å². The third kappa shape index (κ3) is 4.25. The summed E-state index contributed by atoms with van der Waals surface area (Å²) in [4.78, 5) is 13.1. The number of aromatic carboxylic acids is 1. The van der Waals surface area contributed by atoms with E-state index in [0.29, 0.717) is 18.1 Å². The molecule has 0 saturated carbocycles. The summed E-state index contributed by atoms with van der Waals surface area (Å²) in [5.74, 6) is -0.133. The van der Waals surface area contributed by atoms with Crippen molar-refractivity contribution in [2.45, 2.75) is 6.42 Å². The second-order valence-electron chi connectivity index (χ2n) is 4.17. The minimum absolute atomic E-state index is 0.124. The second kappa shape index (κ2) is 6.86. The Kier molecular flexibility index (Phi) is 5.45. The van der Waals surface area contributed by atoms with Crippen molar-refractivity contribution in [1.82, 2.24) is 4.90 Å². The first-order valence-electron chi connectivity index (χ1n) is 5.73. The lowest BCUT2D eigenvalue weighted by molar-refractivity contribution is 0.0691. The lowest BCUT2D eigenvalue weighted by atomic mass is 10.2. The molecule has 18 heavy (non-hydrogen) atoms. The Morgan fingerprint density at radius 3 is 2.67 bits per heavy atom. The van der Waals surface area contributed by atoms with E-state index in [-0.39, 0.29) is 5.56 Å². The van der Waals surface area contributed by atoms with E-state index in [0.717, 1.165) is 13.0 Å². The summed E-state index contributed by atoms with van der Waals surface area (Å²) < 4.78 is 10.5. The first kappa shape index (κ1) is 14.3. The summed E-state index contributed by atoms with van der Waals surface area (Å²) in [6.45, 7) is 1.39. The highest BCUT2D eigenvalue weighted by Crippen LogP contribution is 2.24. The van der Waals surface area contributed by atoms with Gasteiger partial charge in [-0.3, -0.25) is 0 Å². The van der Waals surface area contributed by atoms with Crippen LogP contribution in [-0.4, -0.2) is 50.3 Å². The van der Waals surface area contributed by atoms with Crippen molar-refractivity contribution < 1.29 is 19.4 Å². The topological polar surface area (TPSA) is 59.0 Å². The molecule has 0 heterocycles. The van der Waals surface area contributed by atoms with Crippen molar-refractivity contribution in [3.05, 3.63) is 23.8 Å². The molecular formula is C13H19NO4. The molecule has 0 fully saturated rings. The Morgan fingerprint density at radius 1 is 1.39 bits per heavy atom. The summed E-state index contributed by atoms with van der Waals surface area (Å²) in [6.07, 6.45) is 0.845. The van der Waals surface area contributed by atoms with Crippen molar-refractivity contribution in [2.75, 3.05) is 34.4 Å². The van der Waals surface area contributed by atoms with Crippen molar-refractivity contribution >= 4 is 5.97 Å². The number of nitrogens with zero attached hydrogens (tertiary/aromatic N) is 1. The van der Waals surface area contributed by atoms with E-state index < -0.39 is 5.97 Å². The summed E-state index contributed by atoms with van der Waals surface area (Å²) in [5, 5.41) is 9.09. The summed E-state index contributed by atoms with van der Waals surface area (Å²) >= 11 is 0. The van der Waals surface area contributed by atoms with E-state index in [1.54, 1.807) is 12.1 Å². The van der Waals surface area contributed by atoms with Crippen molar-refractivity contribution in [3.8, 4) is 11.5 Å². The van der Waals surface area contributed by atoms with Gasteiger partial charge in [-0.05, 0) is 38.7 Å². The normalized spacial score (nSPS) is 10.4. The fraction of sp³-hybridized carbons (Fsp3) is 0.462. The monoisotopic (exact) mass is 253 g/mol. The molecule has 5 nitrogen and oxygen atoms in total. The first-order valence-corrected chi connectivity index (χ1v) is 5.73. The van der Waals surface area contributed by atoms with Gasteiger partial charge in [0.2, 0.25) is 0 Å². The minimum atomic E-state index is -1.02. The Hall–Kier alpha value is -1.75. The minimum Gasteiger partial charge on any atom is -0.497 e. The number of hydrogen-bond donors (Lipinski definition) is 1. The molecule has 1 aromatic carbocycles. The zero-order valence-corrected chi connectivity index (χ0v) is 11.0. The highest BCUT2D eigenvalue weighted by Gasteiger charge is 2.12. The van der Waals surface area contributed by atoms with Gasteiger partial charge in [-0.1, -0.05) is 0 Å². The Balaban J connectivity index is 2.67. The van der Waals surface area contributed by atoms with Crippen molar-refractivity contribution in [2.24, 2.45) is 0 Å². The molecule has 5 heteroatoms. The zero-order valence-electron chi connectivity index (χ0n) is 11.0. The Bertz CT molecular complexity index is 404. The molecule has 100 valence electrons. The maximum absolute atomic E-state index is 11.1. The molecule has 1 N–H and O–H groups in total. The standard InChI is InChI=1S/C13H19NO4/c1-14(2)7-4-8-18-12-6-5-10(17-3)9-11(12)13(15)16/h5-6,9H,4,7-8H2,1-3H3,(H,15,16). The average molecular weight is 253 g/mol. The SMILES string of the molecule is COc1ccc(OCCCN(C)C)c(C(=O)O)c1. The molecule has 0 saturated heterocycles. The molecule has 0 aliphatic carbocycles. The fourth-order valence-electron chi connectivity index (χ4n) is 1.49. The highest BCUT2D eigenvalue weighted by atomic mass is 16.5. The van der Waals surface area contributed by atoms with E-state index >= 15 is 0 Å². The molecule has 0 bridgehead atoms. The van der Waals surface area contributed by atoms with E-state index in [1.807, 2.05) is 14.1 Å². The van der Waals surface area contributed by atoms with Crippen LogP contribution >= 0.6 is 0 Å². The maximum Gasteiger partial charge on any atom is 0.339 e. The molecule has 1 rings (SSSR count). The van der Waals surface area contributed by atoms with Gasteiger partial charge in [0.05, 0.1) is 13.7 Å². The average Bonchev–Trinajstić information content (AvgIpc) is 2.34. The predicted octanol–water partition coefficient (Wildman–Crippen LogP) is 1.72. The smallest absolute Gasteiger partial charge is 0.339 e. The highest BCUT2D eigenvalue weighted by molar-refractivity contribution is 5.91.